The fourth-order valence-electron chi connectivity index (χ4n) is 2.49. The van der Waals surface area contributed by atoms with E-state index in [0.29, 0.717) is 5.75 Å². The summed E-state index contributed by atoms with van der Waals surface area (Å²) in [6, 6.07) is 13.3. The van der Waals surface area contributed by atoms with Crippen LogP contribution in [0.1, 0.15) is 17.3 Å². The van der Waals surface area contributed by atoms with E-state index in [9.17, 15) is 9.18 Å². The zero-order valence-electron chi connectivity index (χ0n) is 13.4. The van der Waals surface area contributed by atoms with Crippen LogP contribution in [0, 0.1) is 5.82 Å². The number of tetrazole rings is 1. The predicted molar refractivity (Wildman–Crippen MR) is 88.6 cm³/mol. The molecule has 0 aliphatic carbocycles. The summed E-state index contributed by atoms with van der Waals surface area (Å²) >= 11 is 0. The second kappa shape index (κ2) is 7.52. The smallest absolute Gasteiger partial charge is 0.235 e. The second-order valence-corrected chi connectivity index (χ2v) is 5.31. The number of methoxy groups -OCH3 is 1. The molecule has 0 aliphatic heterocycles. The number of benzene rings is 2. The first-order valence-corrected chi connectivity index (χ1v) is 7.59. The van der Waals surface area contributed by atoms with Crippen LogP contribution in [0.2, 0.25) is 0 Å². The van der Waals surface area contributed by atoms with Gasteiger partial charge >= 0.3 is 0 Å². The number of ether oxygens (including phenoxy) is 1. The lowest BCUT2D eigenvalue weighted by molar-refractivity contribution is -0.117. The molecule has 128 valence electrons. The molecular weight excluding hydrogens is 325 g/mol. The Morgan fingerprint density at radius 1 is 1.24 bits per heavy atom. The molecule has 1 aromatic heterocycles. The first kappa shape index (κ1) is 16.6. The van der Waals surface area contributed by atoms with Gasteiger partial charge in [0, 0.05) is 0 Å². The van der Waals surface area contributed by atoms with Gasteiger partial charge in [-0.2, -0.15) is 5.21 Å². The van der Waals surface area contributed by atoms with E-state index in [1.807, 2.05) is 18.2 Å². The number of carbonyl (C=O) groups is 1. The van der Waals surface area contributed by atoms with Crippen molar-refractivity contribution in [3.63, 3.8) is 0 Å². The number of halogens is 1. The van der Waals surface area contributed by atoms with E-state index in [2.05, 4.69) is 25.9 Å². The summed E-state index contributed by atoms with van der Waals surface area (Å²) in [4.78, 5) is 12.7. The van der Waals surface area contributed by atoms with E-state index < -0.39 is 17.6 Å². The topological polar surface area (TPSA) is 92.8 Å². The molecule has 1 heterocycles. The third-order valence-corrected chi connectivity index (χ3v) is 3.74. The van der Waals surface area contributed by atoms with Gasteiger partial charge in [0.25, 0.3) is 0 Å². The van der Waals surface area contributed by atoms with Crippen LogP contribution in [-0.4, -0.2) is 33.6 Å². The van der Waals surface area contributed by atoms with Crippen molar-refractivity contribution in [1.29, 1.82) is 0 Å². The molecule has 0 saturated heterocycles. The molecule has 25 heavy (non-hydrogen) atoms. The van der Waals surface area contributed by atoms with Crippen LogP contribution in [0.15, 0.2) is 48.5 Å². The quantitative estimate of drug-likeness (QED) is 0.718. The number of amides is 1. The Balaban J connectivity index is 1.88. The summed E-state index contributed by atoms with van der Waals surface area (Å²) in [7, 11) is 1.56. The Bertz CT molecular complexity index is 854. The van der Waals surface area contributed by atoms with Crippen LogP contribution in [-0.2, 0) is 11.2 Å². The largest absolute Gasteiger partial charge is 0.496 e. The van der Waals surface area contributed by atoms with Crippen LogP contribution >= 0.6 is 0 Å². The van der Waals surface area contributed by atoms with Gasteiger partial charge in [-0.05, 0) is 30.2 Å². The van der Waals surface area contributed by atoms with Gasteiger partial charge < -0.3 is 10.1 Å². The third kappa shape index (κ3) is 3.79. The zero-order chi connectivity index (χ0) is 17.6. The number of aromatic amines is 1. The molecule has 3 rings (SSSR count). The summed E-state index contributed by atoms with van der Waals surface area (Å²) in [5.41, 5.74) is 0.907. The van der Waals surface area contributed by atoms with E-state index >= 15 is 0 Å². The van der Waals surface area contributed by atoms with Gasteiger partial charge in [-0.15, -0.1) is 10.2 Å². The SMILES string of the molecule is COc1ccccc1C[C@H](C(=O)Nc1ccccc1F)c1nn[nH]n1. The standard InChI is InChI=1S/C17H16FN5O2/c1-25-15-9-5-2-6-11(15)10-12(16-20-22-23-21-16)17(24)19-14-8-4-3-7-13(14)18/h2-9,12H,10H2,1H3,(H,19,24)(H,20,21,22,23)/t12-/m0/s1. The molecule has 1 amide bonds. The highest BCUT2D eigenvalue weighted by atomic mass is 19.1. The summed E-state index contributed by atoms with van der Waals surface area (Å²) in [5.74, 6) is -0.832. The number of hydrogen-bond donors (Lipinski definition) is 2. The maximum absolute atomic E-state index is 13.8. The number of nitrogens with one attached hydrogen (secondary N) is 2. The molecule has 3 aromatic rings. The van der Waals surface area contributed by atoms with E-state index in [0.717, 1.165) is 5.56 Å². The number of rotatable bonds is 6. The van der Waals surface area contributed by atoms with Crippen molar-refractivity contribution in [1.82, 2.24) is 20.6 Å². The molecule has 2 N–H and O–H groups in total. The molecule has 7 nitrogen and oxygen atoms in total. The average Bonchev–Trinajstić information content (AvgIpc) is 3.16. The maximum atomic E-state index is 13.8. The van der Waals surface area contributed by atoms with Gasteiger partial charge in [-0.3, -0.25) is 4.79 Å². The molecule has 1 atom stereocenters. The molecule has 0 radical (unpaired) electrons. The second-order valence-electron chi connectivity index (χ2n) is 5.31. The van der Waals surface area contributed by atoms with E-state index in [4.69, 9.17) is 4.74 Å². The lowest BCUT2D eigenvalue weighted by atomic mass is 9.97. The maximum Gasteiger partial charge on any atom is 0.235 e. The molecule has 0 bridgehead atoms. The van der Waals surface area contributed by atoms with Crippen molar-refractivity contribution >= 4 is 11.6 Å². The highest BCUT2D eigenvalue weighted by molar-refractivity contribution is 5.95. The minimum Gasteiger partial charge on any atom is -0.496 e. The van der Waals surface area contributed by atoms with Crippen LogP contribution in [0.3, 0.4) is 0 Å². The summed E-state index contributed by atoms with van der Waals surface area (Å²) in [5, 5.41) is 16.3. The van der Waals surface area contributed by atoms with Gasteiger partial charge in [-0.25, -0.2) is 4.39 Å². The van der Waals surface area contributed by atoms with E-state index in [-0.39, 0.29) is 17.9 Å². The normalized spacial score (nSPS) is 11.8. The Morgan fingerprint density at radius 3 is 2.72 bits per heavy atom. The predicted octanol–water partition coefficient (Wildman–Crippen LogP) is 2.31. The zero-order valence-corrected chi connectivity index (χ0v) is 13.4. The number of H-pyrrole nitrogens is 1. The molecule has 0 fully saturated rings. The van der Waals surface area contributed by atoms with Gasteiger partial charge in [0.15, 0.2) is 5.82 Å². The van der Waals surface area contributed by atoms with Crippen LogP contribution in [0.4, 0.5) is 10.1 Å². The molecule has 0 saturated carbocycles. The number of aromatic nitrogens is 4. The molecule has 8 heteroatoms. The summed E-state index contributed by atoms with van der Waals surface area (Å²) in [6.07, 6.45) is 0.282. The number of anilines is 1. The third-order valence-electron chi connectivity index (χ3n) is 3.74. The number of hydrogen-bond acceptors (Lipinski definition) is 5. The lowest BCUT2D eigenvalue weighted by Crippen LogP contribution is -2.24. The van der Waals surface area contributed by atoms with Crippen molar-refractivity contribution in [2.24, 2.45) is 0 Å². The fourth-order valence-corrected chi connectivity index (χ4v) is 2.49. The van der Waals surface area contributed by atoms with Gasteiger partial charge in [0.1, 0.15) is 17.5 Å². The molecule has 0 aliphatic rings. The molecular formula is C17H16FN5O2. The Hall–Kier alpha value is -3.29. The van der Waals surface area contributed by atoms with Crippen LogP contribution in [0.25, 0.3) is 0 Å². The average molecular weight is 341 g/mol. The summed E-state index contributed by atoms with van der Waals surface area (Å²) < 4.78 is 19.1. The Kier molecular flexibility index (Phi) is 4.98. The van der Waals surface area contributed by atoms with E-state index in [1.165, 1.54) is 12.1 Å². The lowest BCUT2D eigenvalue weighted by Gasteiger charge is -2.16. The van der Waals surface area contributed by atoms with Crippen LogP contribution in [0.5, 0.6) is 5.75 Å². The molecule has 0 unspecified atom stereocenters. The van der Waals surface area contributed by atoms with Crippen molar-refractivity contribution in [2.45, 2.75) is 12.3 Å². The highest BCUT2D eigenvalue weighted by Gasteiger charge is 2.27. The van der Waals surface area contributed by atoms with Crippen LogP contribution < -0.4 is 10.1 Å². The van der Waals surface area contributed by atoms with Crippen molar-refractivity contribution in [2.75, 3.05) is 12.4 Å². The number of carbonyl (C=O) groups excluding carboxylic acids is 1. The van der Waals surface area contributed by atoms with Gasteiger partial charge in [0.2, 0.25) is 5.91 Å². The highest BCUT2D eigenvalue weighted by Crippen LogP contribution is 2.26. The minimum atomic E-state index is -0.755. The first-order valence-electron chi connectivity index (χ1n) is 7.59. The number of para-hydroxylation sites is 2. The molecule has 2 aromatic carbocycles. The van der Waals surface area contributed by atoms with E-state index in [1.54, 1.807) is 25.3 Å². The molecule has 0 spiro atoms. The first-order chi connectivity index (χ1) is 12.2. The van der Waals surface area contributed by atoms with Crippen molar-refractivity contribution in [3.05, 3.63) is 65.7 Å². The van der Waals surface area contributed by atoms with Gasteiger partial charge in [0.05, 0.1) is 12.8 Å². The Labute approximate surface area is 143 Å². The van der Waals surface area contributed by atoms with Crippen molar-refractivity contribution < 1.29 is 13.9 Å². The summed E-state index contributed by atoms with van der Waals surface area (Å²) in [6.45, 7) is 0. The minimum absolute atomic E-state index is 0.0982. The fraction of sp³-hybridized carbons (Fsp3) is 0.176. The Morgan fingerprint density at radius 2 is 2.00 bits per heavy atom. The van der Waals surface area contributed by atoms with Gasteiger partial charge in [-0.1, -0.05) is 35.5 Å². The monoisotopic (exact) mass is 341 g/mol. The van der Waals surface area contributed by atoms with Crippen molar-refractivity contribution in [3.8, 4) is 5.75 Å². The number of nitrogens with zero attached hydrogens (tertiary/aromatic N) is 3.